The van der Waals surface area contributed by atoms with Crippen LogP contribution in [0.15, 0.2) is 0 Å². The van der Waals surface area contributed by atoms with Crippen molar-refractivity contribution in [3.63, 3.8) is 0 Å². The van der Waals surface area contributed by atoms with Crippen LogP contribution < -0.4 is 5.32 Å². The van der Waals surface area contributed by atoms with Gasteiger partial charge in [-0.15, -0.1) is 0 Å². The minimum atomic E-state index is -2.98. The van der Waals surface area contributed by atoms with E-state index in [0.717, 1.165) is 49.1 Å². The maximum atomic E-state index is 11.6. The number of sulfonamides is 1. The Hall–Kier alpha value is -0.130. The van der Waals surface area contributed by atoms with Gasteiger partial charge in [-0.1, -0.05) is 6.42 Å². The molecule has 0 aromatic heterocycles. The zero-order chi connectivity index (χ0) is 15.3. The maximum Gasteiger partial charge on any atom is 0.211 e. The second-order valence-electron chi connectivity index (χ2n) is 8.27. The van der Waals surface area contributed by atoms with Gasteiger partial charge in [0.1, 0.15) is 0 Å². The second-order valence-corrected chi connectivity index (χ2v) is 10.3. The van der Waals surface area contributed by atoms with Gasteiger partial charge in [-0.25, -0.2) is 12.7 Å². The Kier molecular flexibility index (Phi) is 4.02. The highest BCUT2D eigenvalue weighted by Gasteiger charge is 2.53. The Morgan fingerprint density at radius 3 is 2.45 bits per heavy atom. The molecule has 4 nitrogen and oxygen atoms in total. The molecule has 3 aliphatic carbocycles. The van der Waals surface area contributed by atoms with Crippen LogP contribution in [0.3, 0.4) is 0 Å². The maximum absolute atomic E-state index is 11.6. The number of fused-ring (bicyclic) bond motifs is 5. The van der Waals surface area contributed by atoms with E-state index in [-0.39, 0.29) is 0 Å². The molecule has 3 saturated carbocycles. The number of nitrogens with one attached hydrogen (secondary N) is 1. The number of hydrogen-bond donors (Lipinski definition) is 1. The summed E-state index contributed by atoms with van der Waals surface area (Å²) in [6, 6.07) is 0.761. The van der Waals surface area contributed by atoms with Gasteiger partial charge in [0.15, 0.2) is 0 Å². The molecule has 22 heavy (non-hydrogen) atoms. The van der Waals surface area contributed by atoms with Gasteiger partial charge in [-0.05, 0) is 74.7 Å². The van der Waals surface area contributed by atoms with E-state index in [9.17, 15) is 8.42 Å². The summed E-state index contributed by atoms with van der Waals surface area (Å²) >= 11 is 0. The highest BCUT2D eigenvalue weighted by Crippen LogP contribution is 2.58. The van der Waals surface area contributed by atoms with E-state index in [1.54, 1.807) is 4.31 Å². The molecule has 5 heteroatoms. The van der Waals surface area contributed by atoms with Gasteiger partial charge in [0.2, 0.25) is 10.0 Å². The van der Waals surface area contributed by atoms with Crippen molar-refractivity contribution >= 4 is 10.0 Å². The van der Waals surface area contributed by atoms with Crippen LogP contribution in [0.1, 0.15) is 44.9 Å². The lowest BCUT2D eigenvalue weighted by Gasteiger charge is -2.35. The van der Waals surface area contributed by atoms with Crippen LogP contribution in [-0.4, -0.2) is 44.7 Å². The van der Waals surface area contributed by atoms with E-state index in [2.05, 4.69) is 5.32 Å². The minimum absolute atomic E-state index is 0.663. The van der Waals surface area contributed by atoms with Crippen molar-refractivity contribution in [2.75, 3.05) is 25.9 Å². The minimum Gasteiger partial charge on any atom is -0.313 e. The second kappa shape index (κ2) is 5.75. The van der Waals surface area contributed by atoms with Crippen LogP contribution >= 0.6 is 0 Å². The molecule has 2 bridgehead atoms. The van der Waals surface area contributed by atoms with Gasteiger partial charge < -0.3 is 5.32 Å². The van der Waals surface area contributed by atoms with Crippen molar-refractivity contribution in [1.29, 1.82) is 0 Å². The van der Waals surface area contributed by atoms with Crippen LogP contribution in [0.2, 0.25) is 0 Å². The first-order valence-electron chi connectivity index (χ1n) is 9.21. The van der Waals surface area contributed by atoms with E-state index in [4.69, 9.17) is 0 Å². The number of hydrogen-bond acceptors (Lipinski definition) is 3. The van der Waals surface area contributed by atoms with Crippen molar-refractivity contribution in [2.45, 2.75) is 51.0 Å². The monoisotopic (exact) mass is 326 g/mol. The summed E-state index contributed by atoms with van der Waals surface area (Å²) in [6.07, 6.45) is 10.7. The van der Waals surface area contributed by atoms with Gasteiger partial charge in [0.05, 0.1) is 6.26 Å². The third-order valence-corrected chi connectivity index (χ3v) is 8.44. The Morgan fingerprint density at radius 2 is 1.73 bits per heavy atom. The predicted molar refractivity (Wildman–Crippen MR) is 88.0 cm³/mol. The largest absolute Gasteiger partial charge is 0.313 e. The topological polar surface area (TPSA) is 49.4 Å². The van der Waals surface area contributed by atoms with Crippen molar-refractivity contribution in [2.24, 2.45) is 29.6 Å². The zero-order valence-electron chi connectivity index (χ0n) is 13.7. The van der Waals surface area contributed by atoms with E-state index in [0.29, 0.717) is 19.0 Å². The average Bonchev–Trinajstić information content (AvgIpc) is 3.17. The Balaban J connectivity index is 1.25. The molecule has 0 aromatic carbocycles. The highest BCUT2D eigenvalue weighted by atomic mass is 32.2. The summed E-state index contributed by atoms with van der Waals surface area (Å²) in [7, 11) is -2.98. The summed E-state index contributed by atoms with van der Waals surface area (Å²) in [6.45, 7) is 2.53. The molecule has 1 N–H and O–H groups in total. The summed E-state index contributed by atoms with van der Waals surface area (Å²) in [5.41, 5.74) is 0. The van der Waals surface area contributed by atoms with Crippen LogP contribution in [0.4, 0.5) is 0 Å². The molecule has 0 spiro atoms. The molecule has 126 valence electrons. The Bertz CT molecular complexity index is 513. The first-order valence-corrected chi connectivity index (χ1v) is 11.1. The highest BCUT2D eigenvalue weighted by molar-refractivity contribution is 7.88. The SMILES string of the molecule is CS(=O)(=O)N1CCC(CN[C@@H]2C[C@H]3C[C@H]2[C@@H]2CCC[C@H]32)CC1. The third-order valence-electron chi connectivity index (χ3n) is 7.14. The normalized spacial score (nSPS) is 42.9. The predicted octanol–water partition coefficient (Wildman–Crippen LogP) is 2.07. The average molecular weight is 327 g/mol. The van der Waals surface area contributed by atoms with Gasteiger partial charge in [0.25, 0.3) is 0 Å². The molecule has 0 aromatic rings. The van der Waals surface area contributed by atoms with Crippen molar-refractivity contribution < 1.29 is 8.42 Å². The lowest BCUT2D eigenvalue weighted by Crippen LogP contribution is -2.44. The quantitative estimate of drug-likeness (QED) is 0.860. The molecular weight excluding hydrogens is 296 g/mol. The van der Waals surface area contributed by atoms with Crippen LogP contribution in [0.25, 0.3) is 0 Å². The number of piperidine rings is 1. The smallest absolute Gasteiger partial charge is 0.211 e. The zero-order valence-corrected chi connectivity index (χ0v) is 14.5. The molecule has 4 rings (SSSR count). The lowest BCUT2D eigenvalue weighted by atomic mass is 9.79. The number of nitrogens with zero attached hydrogens (tertiary/aromatic N) is 1. The lowest BCUT2D eigenvalue weighted by molar-refractivity contribution is 0.193. The van der Waals surface area contributed by atoms with E-state index < -0.39 is 10.0 Å². The number of rotatable bonds is 4. The first kappa shape index (κ1) is 15.4. The van der Waals surface area contributed by atoms with Gasteiger partial charge >= 0.3 is 0 Å². The van der Waals surface area contributed by atoms with E-state index in [1.807, 2.05) is 0 Å². The van der Waals surface area contributed by atoms with Crippen LogP contribution in [-0.2, 0) is 10.0 Å². The fourth-order valence-electron chi connectivity index (χ4n) is 6.07. The van der Waals surface area contributed by atoms with E-state index in [1.165, 1.54) is 38.4 Å². The van der Waals surface area contributed by atoms with E-state index >= 15 is 0 Å². The molecule has 4 fully saturated rings. The van der Waals surface area contributed by atoms with Crippen LogP contribution in [0, 0.1) is 29.6 Å². The van der Waals surface area contributed by atoms with Gasteiger partial charge in [-0.3, -0.25) is 0 Å². The third kappa shape index (κ3) is 2.73. The molecule has 0 radical (unpaired) electrons. The first-order chi connectivity index (χ1) is 10.5. The Morgan fingerprint density at radius 1 is 1.00 bits per heavy atom. The molecule has 1 heterocycles. The van der Waals surface area contributed by atoms with Gasteiger partial charge in [-0.2, -0.15) is 0 Å². The molecular formula is C17H30N2O2S. The van der Waals surface area contributed by atoms with Gasteiger partial charge in [0, 0.05) is 19.1 Å². The molecule has 1 saturated heterocycles. The Labute approximate surface area is 135 Å². The fraction of sp³-hybridized carbons (Fsp3) is 1.00. The fourth-order valence-corrected chi connectivity index (χ4v) is 6.94. The molecule has 0 unspecified atom stereocenters. The molecule has 4 aliphatic rings. The summed E-state index contributed by atoms with van der Waals surface area (Å²) in [5.74, 6) is 4.73. The van der Waals surface area contributed by atoms with Crippen molar-refractivity contribution in [3.8, 4) is 0 Å². The van der Waals surface area contributed by atoms with Crippen molar-refractivity contribution in [1.82, 2.24) is 9.62 Å². The summed E-state index contributed by atoms with van der Waals surface area (Å²) < 4.78 is 24.8. The molecule has 0 amide bonds. The summed E-state index contributed by atoms with van der Waals surface area (Å²) in [4.78, 5) is 0. The van der Waals surface area contributed by atoms with Crippen LogP contribution in [0.5, 0.6) is 0 Å². The standard InChI is InChI=1S/C17H30N2O2S/c1-22(20,21)19-7-5-12(6-8-19)11-18-17-10-13-9-16(17)15-4-2-3-14(13)15/h12-18H,2-11H2,1H3/t13-,14-,15-,16+,17-/m1/s1. The summed E-state index contributed by atoms with van der Waals surface area (Å²) in [5, 5.41) is 3.88. The molecule has 5 atom stereocenters. The molecule has 1 aliphatic heterocycles. The van der Waals surface area contributed by atoms with Crippen molar-refractivity contribution in [3.05, 3.63) is 0 Å².